The summed E-state index contributed by atoms with van der Waals surface area (Å²) in [5, 5.41) is -8.86. The Morgan fingerprint density at radius 1 is 1.00 bits per heavy atom. The number of halogens is 5. The molecule has 6 heteroatoms. The molecule has 0 fully saturated rings. The molecule has 0 aliphatic heterocycles. The Bertz CT molecular complexity index is 296. The zero-order valence-corrected chi connectivity index (χ0v) is 8.26. The number of rotatable bonds is 3. The lowest BCUT2D eigenvalue weighted by Crippen LogP contribution is -2.31. The van der Waals surface area contributed by atoms with Crippen LogP contribution in [-0.2, 0) is 0 Å². The Hall–Kier alpha value is -0.420. The van der Waals surface area contributed by atoms with Gasteiger partial charge in [-0.1, -0.05) is 18.2 Å². The Morgan fingerprint density at radius 2 is 1.50 bits per heavy atom. The van der Waals surface area contributed by atoms with Gasteiger partial charge in [-0.25, -0.2) is 0 Å². The predicted octanol–water partition coefficient (Wildman–Crippen LogP) is 4.20. The highest BCUT2D eigenvalue weighted by molar-refractivity contribution is 8.00. The quantitative estimate of drug-likeness (QED) is 0.436. The molecule has 0 nitrogen and oxygen atoms in total. The highest BCUT2D eigenvalue weighted by Crippen LogP contribution is 2.48. The molecule has 0 heterocycles. The van der Waals surface area contributed by atoms with Crippen LogP contribution in [0.25, 0.3) is 0 Å². The molecule has 0 aliphatic carbocycles. The minimum absolute atomic E-state index is 0.0397. The molecule has 0 amide bonds. The minimum atomic E-state index is -4.55. The van der Waals surface area contributed by atoms with Gasteiger partial charge in [0.2, 0.25) is 0 Å². The van der Waals surface area contributed by atoms with Crippen molar-refractivity contribution in [3.63, 3.8) is 0 Å². The molecule has 0 unspecified atom stereocenters. The molecule has 0 N–H and O–H groups in total. The zero-order valence-electron chi connectivity index (χ0n) is 6.68. The second kappa shape index (κ2) is 3.98. The first kappa shape index (κ1) is 11.7. The summed E-state index contributed by atoms with van der Waals surface area (Å²) in [6.45, 7) is 0. The van der Waals surface area contributed by atoms with Crippen LogP contribution < -0.4 is 0 Å². The van der Waals surface area contributed by atoms with Crippen molar-refractivity contribution in [3.05, 3.63) is 30.3 Å². The molecule has 78 valence electrons. The summed E-state index contributed by atoms with van der Waals surface area (Å²) in [6.07, 6.45) is 0. The normalized spacial score (nSPS) is 12.9. The van der Waals surface area contributed by atoms with Crippen molar-refractivity contribution in [2.24, 2.45) is 0 Å². The van der Waals surface area contributed by atoms with Crippen LogP contribution in [0, 0.1) is 0 Å². The standard InChI is InChI=1S/C8H5ClF4S/c9-7(10,11)8(12,13)14-6-4-2-1-3-5-6/h1-5H. The maximum absolute atomic E-state index is 12.7. The van der Waals surface area contributed by atoms with Crippen LogP contribution in [-0.4, -0.2) is 10.6 Å². The highest BCUT2D eigenvalue weighted by Gasteiger charge is 2.55. The summed E-state index contributed by atoms with van der Waals surface area (Å²) in [6, 6.07) is 7.17. The molecule has 1 aromatic carbocycles. The van der Waals surface area contributed by atoms with Crippen LogP contribution in [0.4, 0.5) is 17.6 Å². The van der Waals surface area contributed by atoms with E-state index in [2.05, 4.69) is 11.6 Å². The van der Waals surface area contributed by atoms with Gasteiger partial charge in [-0.2, -0.15) is 17.6 Å². The van der Waals surface area contributed by atoms with Gasteiger partial charge < -0.3 is 0 Å². The molecule has 0 atom stereocenters. The van der Waals surface area contributed by atoms with Crippen LogP contribution >= 0.6 is 23.4 Å². The van der Waals surface area contributed by atoms with Gasteiger partial charge in [-0.15, -0.1) is 0 Å². The molecule has 0 spiro atoms. The average Bonchev–Trinajstić information content (AvgIpc) is 2.03. The first-order valence-electron chi connectivity index (χ1n) is 3.51. The largest absolute Gasteiger partial charge is 0.394 e. The summed E-state index contributed by atoms with van der Waals surface area (Å²) in [4.78, 5) is 0.0397. The summed E-state index contributed by atoms with van der Waals surface area (Å²) in [5.74, 6) is 0. The molecular formula is C8H5ClF4S. The fourth-order valence-electron chi connectivity index (χ4n) is 0.694. The third kappa shape index (κ3) is 2.78. The van der Waals surface area contributed by atoms with Gasteiger partial charge in [0.1, 0.15) is 0 Å². The molecular weight excluding hydrogens is 240 g/mol. The summed E-state index contributed by atoms with van der Waals surface area (Å²) >= 11 is 4.01. The lowest BCUT2D eigenvalue weighted by Gasteiger charge is -2.19. The van der Waals surface area contributed by atoms with Crippen molar-refractivity contribution in [1.29, 1.82) is 0 Å². The third-order valence-corrected chi connectivity index (χ3v) is 2.69. The van der Waals surface area contributed by atoms with E-state index in [9.17, 15) is 17.6 Å². The molecule has 0 saturated heterocycles. The van der Waals surface area contributed by atoms with Gasteiger partial charge in [0, 0.05) is 4.90 Å². The first-order valence-corrected chi connectivity index (χ1v) is 4.71. The van der Waals surface area contributed by atoms with E-state index >= 15 is 0 Å². The number of hydrogen-bond acceptors (Lipinski definition) is 1. The van der Waals surface area contributed by atoms with Crippen molar-refractivity contribution >= 4 is 23.4 Å². The van der Waals surface area contributed by atoms with E-state index < -0.39 is 10.6 Å². The van der Waals surface area contributed by atoms with E-state index in [1.54, 1.807) is 6.07 Å². The minimum Gasteiger partial charge on any atom is -0.185 e. The van der Waals surface area contributed by atoms with Crippen LogP contribution in [0.5, 0.6) is 0 Å². The monoisotopic (exact) mass is 244 g/mol. The second-order valence-electron chi connectivity index (χ2n) is 2.43. The van der Waals surface area contributed by atoms with E-state index in [0.717, 1.165) is 0 Å². The van der Waals surface area contributed by atoms with Gasteiger partial charge in [0.05, 0.1) is 0 Å². The summed E-state index contributed by atoms with van der Waals surface area (Å²) < 4.78 is 49.8. The van der Waals surface area contributed by atoms with Gasteiger partial charge in [0.15, 0.2) is 0 Å². The Morgan fingerprint density at radius 3 is 1.93 bits per heavy atom. The maximum Gasteiger partial charge on any atom is 0.394 e. The lowest BCUT2D eigenvalue weighted by molar-refractivity contribution is -0.0897. The van der Waals surface area contributed by atoms with Crippen molar-refractivity contribution in [1.82, 2.24) is 0 Å². The molecule has 0 aliphatic rings. The van der Waals surface area contributed by atoms with Crippen LogP contribution in [0.3, 0.4) is 0 Å². The van der Waals surface area contributed by atoms with E-state index in [0.29, 0.717) is 0 Å². The van der Waals surface area contributed by atoms with Gasteiger partial charge in [0.25, 0.3) is 0 Å². The van der Waals surface area contributed by atoms with Crippen LogP contribution in [0.15, 0.2) is 35.2 Å². The maximum atomic E-state index is 12.7. The molecule has 1 aromatic rings. The Balaban J connectivity index is 2.79. The molecule has 0 bridgehead atoms. The third-order valence-electron chi connectivity index (χ3n) is 1.32. The number of hydrogen-bond donors (Lipinski definition) is 0. The number of benzene rings is 1. The van der Waals surface area contributed by atoms with Gasteiger partial charge >= 0.3 is 10.6 Å². The number of alkyl halides is 5. The van der Waals surface area contributed by atoms with Crippen molar-refractivity contribution < 1.29 is 17.6 Å². The number of thioether (sulfide) groups is 1. The summed E-state index contributed by atoms with van der Waals surface area (Å²) in [7, 11) is 0. The predicted molar refractivity (Wildman–Crippen MR) is 48.0 cm³/mol. The first-order chi connectivity index (χ1) is 6.33. The van der Waals surface area contributed by atoms with Crippen molar-refractivity contribution in [3.8, 4) is 0 Å². The molecule has 0 saturated carbocycles. The molecule has 0 radical (unpaired) electrons. The van der Waals surface area contributed by atoms with Crippen LogP contribution in [0.2, 0.25) is 0 Å². The van der Waals surface area contributed by atoms with E-state index in [-0.39, 0.29) is 16.7 Å². The molecule has 0 aromatic heterocycles. The van der Waals surface area contributed by atoms with Crippen LogP contribution in [0.1, 0.15) is 0 Å². The molecule has 1 rings (SSSR count). The average molecular weight is 245 g/mol. The fraction of sp³-hybridized carbons (Fsp3) is 0.250. The lowest BCUT2D eigenvalue weighted by atomic mass is 10.4. The van der Waals surface area contributed by atoms with E-state index in [1.165, 1.54) is 24.3 Å². The Kier molecular flexibility index (Phi) is 3.32. The SMILES string of the molecule is FC(F)(Cl)C(F)(F)Sc1ccccc1. The topological polar surface area (TPSA) is 0 Å². The van der Waals surface area contributed by atoms with E-state index in [1.807, 2.05) is 0 Å². The second-order valence-corrected chi connectivity index (χ2v) is 4.09. The van der Waals surface area contributed by atoms with E-state index in [4.69, 9.17) is 0 Å². The summed E-state index contributed by atoms with van der Waals surface area (Å²) in [5.41, 5.74) is 0. The smallest absolute Gasteiger partial charge is 0.185 e. The zero-order chi connectivity index (χ0) is 10.8. The van der Waals surface area contributed by atoms with Crippen molar-refractivity contribution in [2.75, 3.05) is 0 Å². The molecule has 14 heavy (non-hydrogen) atoms. The van der Waals surface area contributed by atoms with Gasteiger partial charge in [-0.05, 0) is 35.5 Å². The highest BCUT2D eigenvalue weighted by atomic mass is 35.5. The van der Waals surface area contributed by atoms with Crippen molar-refractivity contribution in [2.45, 2.75) is 15.5 Å². The Labute approximate surface area is 87.2 Å². The fourth-order valence-corrected chi connectivity index (χ4v) is 1.52. The van der Waals surface area contributed by atoms with Gasteiger partial charge in [-0.3, -0.25) is 0 Å².